The zero-order valence-electron chi connectivity index (χ0n) is 15.6. The van der Waals surface area contributed by atoms with Crippen LogP contribution in [0.5, 0.6) is 11.5 Å². The fraction of sp³-hybridized carbons (Fsp3) is 0.130. The van der Waals surface area contributed by atoms with E-state index in [0.717, 1.165) is 22.7 Å². The van der Waals surface area contributed by atoms with E-state index in [1.807, 2.05) is 48.6 Å². The van der Waals surface area contributed by atoms with E-state index in [-0.39, 0.29) is 5.78 Å². The quantitative estimate of drug-likeness (QED) is 0.455. The van der Waals surface area contributed by atoms with E-state index >= 15 is 0 Å². The fourth-order valence-electron chi connectivity index (χ4n) is 2.83. The van der Waals surface area contributed by atoms with Gasteiger partial charge in [-0.3, -0.25) is 9.22 Å². The highest BCUT2D eigenvalue weighted by Crippen LogP contribution is 2.28. The van der Waals surface area contributed by atoms with Gasteiger partial charge < -0.3 is 9.47 Å². The SMILES string of the molecule is COc1ccc(C(=O)C(=C2C=CC(=[O+]C)C=C2)c2ccc(OC)cc2)cc1. The van der Waals surface area contributed by atoms with Crippen LogP contribution in [0.15, 0.2) is 78.4 Å². The van der Waals surface area contributed by atoms with Gasteiger partial charge in [0.25, 0.3) is 7.11 Å². The number of ether oxygens (including phenoxy) is 2. The lowest BCUT2D eigenvalue weighted by molar-refractivity contribution is -0.417. The molecular weight excluding hydrogens is 340 g/mol. The first kappa shape index (κ1) is 18.4. The Hall–Kier alpha value is -3.40. The Bertz CT molecular complexity index is 925. The molecule has 0 N–H and O–H groups in total. The number of allylic oxidation sites excluding steroid dienone is 6. The molecule has 1 aliphatic carbocycles. The lowest BCUT2D eigenvalue weighted by Crippen LogP contribution is -2.07. The maximum Gasteiger partial charge on any atom is 0.343 e. The number of hydrogen-bond donors (Lipinski definition) is 0. The van der Waals surface area contributed by atoms with Gasteiger partial charge in [0, 0.05) is 23.3 Å². The van der Waals surface area contributed by atoms with Gasteiger partial charge in [-0.05, 0) is 59.7 Å². The molecule has 2 aromatic carbocycles. The van der Waals surface area contributed by atoms with Gasteiger partial charge >= 0.3 is 5.78 Å². The largest absolute Gasteiger partial charge is 0.497 e. The molecule has 3 rings (SSSR count). The van der Waals surface area contributed by atoms with E-state index in [9.17, 15) is 4.79 Å². The third-order valence-corrected chi connectivity index (χ3v) is 4.34. The predicted molar refractivity (Wildman–Crippen MR) is 106 cm³/mol. The molecule has 0 atom stereocenters. The van der Waals surface area contributed by atoms with Gasteiger partial charge in [-0.25, -0.2) is 0 Å². The van der Waals surface area contributed by atoms with Crippen LogP contribution in [0.25, 0.3) is 5.57 Å². The molecular formula is C23H21O4+. The van der Waals surface area contributed by atoms with Crippen LogP contribution in [0.1, 0.15) is 15.9 Å². The molecule has 2 aromatic rings. The Labute approximate surface area is 158 Å². The van der Waals surface area contributed by atoms with Crippen LogP contribution in [0, 0.1) is 0 Å². The summed E-state index contributed by atoms with van der Waals surface area (Å²) in [4.78, 5) is 13.3. The minimum Gasteiger partial charge on any atom is -0.497 e. The lowest BCUT2D eigenvalue weighted by atomic mass is 9.90. The Balaban J connectivity index is 2.09. The Kier molecular flexibility index (Phi) is 5.67. The summed E-state index contributed by atoms with van der Waals surface area (Å²) >= 11 is 0. The number of methoxy groups -OCH3 is 2. The number of carbonyl (C=O) groups excluding carboxylic acids is 2. The van der Waals surface area contributed by atoms with E-state index in [2.05, 4.69) is 0 Å². The molecule has 136 valence electrons. The van der Waals surface area contributed by atoms with Gasteiger partial charge in [-0.1, -0.05) is 12.1 Å². The Morgan fingerprint density at radius 1 is 0.741 bits per heavy atom. The van der Waals surface area contributed by atoms with Crippen LogP contribution in [0.4, 0.5) is 0 Å². The smallest absolute Gasteiger partial charge is 0.343 e. The maximum atomic E-state index is 13.3. The van der Waals surface area contributed by atoms with Gasteiger partial charge in [0.1, 0.15) is 11.5 Å². The molecule has 0 fully saturated rings. The van der Waals surface area contributed by atoms with Crippen LogP contribution in [0.2, 0.25) is 0 Å². The molecule has 4 nitrogen and oxygen atoms in total. The Morgan fingerprint density at radius 3 is 1.67 bits per heavy atom. The van der Waals surface area contributed by atoms with Crippen LogP contribution in [-0.4, -0.2) is 32.9 Å². The highest BCUT2D eigenvalue weighted by molar-refractivity contribution is 6.30. The molecule has 4 heteroatoms. The molecule has 0 bridgehead atoms. The van der Waals surface area contributed by atoms with Crippen LogP contribution in [0.3, 0.4) is 0 Å². The highest BCUT2D eigenvalue weighted by Gasteiger charge is 2.20. The summed E-state index contributed by atoms with van der Waals surface area (Å²) in [7, 11) is 4.83. The molecule has 0 saturated heterocycles. The number of benzene rings is 2. The second-order valence-electron chi connectivity index (χ2n) is 5.89. The summed E-state index contributed by atoms with van der Waals surface area (Å²) in [6.45, 7) is 0. The van der Waals surface area contributed by atoms with Crippen molar-refractivity contribution in [3.8, 4) is 11.5 Å². The molecule has 0 heterocycles. The topological polar surface area (TPSA) is 46.8 Å². The van der Waals surface area contributed by atoms with Crippen molar-refractivity contribution < 1.29 is 18.7 Å². The van der Waals surface area contributed by atoms with Gasteiger partial charge in [0.15, 0.2) is 5.78 Å². The highest BCUT2D eigenvalue weighted by atomic mass is 16.5. The number of hydrogen-bond acceptors (Lipinski definition) is 3. The molecule has 0 spiro atoms. The standard InChI is InChI=1S/C23H21O4/c1-25-19-10-4-16(5-11-19)22(17-6-12-20(26-2)13-7-17)23(24)18-8-14-21(27-3)15-9-18/h4-15H,1-3H3/q+1. The first-order valence-corrected chi connectivity index (χ1v) is 8.51. The van der Waals surface area contributed by atoms with E-state index in [4.69, 9.17) is 13.9 Å². The van der Waals surface area contributed by atoms with Crippen LogP contribution in [-0.2, 0) is 4.42 Å². The predicted octanol–water partition coefficient (Wildman–Crippen LogP) is 4.20. The summed E-state index contributed by atoms with van der Waals surface area (Å²) in [6.07, 6.45) is 7.47. The van der Waals surface area contributed by atoms with E-state index < -0.39 is 0 Å². The molecule has 27 heavy (non-hydrogen) atoms. The third-order valence-electron chi connectivity index (χ3n) is 4.34. The van der Waals surface area contributed by atoms with Crippen molar-refractivity contribution in [3.05, 3.63) is 89.5 Å². The van der Waals surface area contributed by atoms with Gasteiger partial charge in [-0.2, -0.15) is 0 Å². The van der Waals surface area contributed by atoms with Crippen LogP contribution >= 0.6 is 0 Å². The van der Waals surface area contributed by atoms with Crippen molar-refractivity contribution in [3.63, 3.8) is 0 Å². The minimum atomic E-state index is -0.0620. The van der Waals surface area contributed by atoms with Gasteiger partial charge in [0.2, 0.25) is 0 Å². The van der Waals surface area contributed by atoms with Crippen molar-refractivity contribution in [2.45, 2.75) is 0 Å². The van der Waals surface area contributed by atoms with Crippen LogP contribution < -0.4 is 9.47 Å². The van der Waals surface area contributed by atoms with Crippen molar-refractivity contribution in [1.82, 2.24) is 0 Å². The fourth-order valence-corrected chi connectivity index (χ4v) is 2.83. The zero-order valence-corrected chi connectivity index (χ0v) is 15.6. The van der Waals surface area contributed by atoms with E-state index in [0.29, 0.717) is 16.9 Å². The van der Waals surface area contributed by atoms with Crippen molar-refractivity contribution in [1.29, 1.82) is 0 Å². The molecule has 0 aliphatic heterocycles. The molecule has 0 amide bonds. The number of ketones is 2. The molecule has 0 aromatic heterocycles. The van der Waals surface area contributed by atoms with Crippen molar-refractivity contribution >= 4 is 17.1 Å². The summed E-state index contributed by atoms with van der Waals surface area (Å²) in [5, 5.41) is 0. The number of rotatable bonds is 5. The minimum absolute atomic E-state index is 0.0620. The number of carbonyl (C=O) groups is 1. The van der Waals surface area contributed by atoms with Crippen molar-refractivity contribution in [2.24, 2.45) is 0 Å². The monoisotopic (exact) mass is 361 g/mol. The summed E-state index contributed by atoms with van der Waals surface area (Å²) in [5.41, 5.74) is 2.85. The lowest BCUT2D eigenvalue weighted by Gasteiger charge is -2.12. The first-order valence-electron chi connectivity index (χ1n) is 8.51. The summed E-state index contributed by atoms with van der Waals surface area (Å²) < 4.78 is 15.6. The summed E-state index contributed by atoms with van der Waals surface area (Å²) in [6, 6.07) is 14.6. The molecule has 0 radical (unpaired) electrons. The second kappa shape index (κ2) is 8.32. The average Bonchev–Trinajstić information content (AvgIpc) is 2.75. The number of Topliss-reactive ketones (excluding diaryl/α,β-unsaturated/α-hetero) is 1. The normalized spacial score (nSPS) is 12.7. The molecule has 1 aliphatic rings. The van der Waals surface area contributed by atoms with E-state index in [1.54, 1.807) is 45.6 Å². The zero-order chi connectivity index (χ0) is 19.2. The first-order chi connectivity index (χ1) is 13.2. The molecule has 0 saturated carbocycles. The Morgan fingerprint density at radius 2 is 1.22 bits per heavy atom. The maximum absolute atomic E-state index is 13.3. The third kappa shape index (κ3) is 4.06. The summed E-state index contributed by atoms with van der Waals surface area (Å²) in [5.74, 6) is 2.13. The van der Waals surface area contributed by atoms with Crippen molar-refractivity contribution in [2.75, 3.05) is 21.3 Å². The van der Waals surface area contributed by atoms with Gasteiger partial charge in [-0.15, -0.1) is 0 Å². The van der Waals surface area contributed by atoms with E-state index in [1.165, 1.54) is 0 Å². The average molecular weight is 361 g/mol. The molecule has 0 unspecified atom stereocenters. The van der Waals surface area contributed by atoms with Gasteiger partial charge in [0.05, 0.1) is 14.2 Å². The second-order valence-corrected chi connectivity index (χ2v) is 5.89.